The summed E-state index contributed by atoms with van der Waals surface area (Å²) >= 11 is 18.3. The number of thiocarbonyl (C=S) groups is 1. The molecule has 1 heterocycles. The van der Waals surface area contributed by atoms with Crippen LogP contribution in [0.2, 0.25) is 10.0 Å². The highest BCUT2D eigenvalue weighted by Gasteiger charge is 2.33. The largest absolute Gasteiger partial charge is 0.270 e. The summed E-state index contributed by atoms with van der Waals surface area (Å²) in [6, 6.07) is 11.2. The number of carbonyl (C=O) groups is 1. The highest BCUT2D eigenvalue weighted by molar-refractivity contribution is 8.27. The summed E-state index contributed by atoms with van der Waals surface area (Å²) in [5, 5.41) is 0.481. The summed E-state index contributed by atoms with van der Waals surface area (Å²) in [5.41, 5.74) is 1.16. The minimum Gasteiger partial charge on any atom is -0.268 e. The average Bonchev–Trinajstić information content (AvgIpc) is 2.79. The van der Waals surface area contributed by atoms with Crippen LogP contribution in [0.3, 0.4) is 0 Å². The molecule has 7 heteroatoms. The van der Waals surface area contributed by atoms with E-state index in [1.54, 1.807) is 12.1 Å². The summed E-state index contributed by atoms with van der Waals surface area (Å²) in [6.07, 6.45) is 1.69. The topological polar surface area (TPSA) is 20.3 Å². The quantitative estimate of drug-likeness (QED) is 0.501. The van der Waals surface area contributed by atoms with Crippen LogP contribution in [-0.2, 0) is 4.79 Å². The molecule has 1 saturated heterocycles. The van der Waals surface area contributed by atoms with E-state index < -0.39 is 5.82 Å². The highest BCUT2D eigenvalue weighted by Crippen LogP contribution is 2.37. The highest BCUT2D eigenvalue weighted by atomic mass is 35.5. The molecule has 1 aliphatic rings. The first-order valence-corrected chi connectivity index (χ1v) is 8.43. The zero-order valence-electron chi connectivity index (χ0n) is 11.4. The van der Waals surface area contributed by atoms with E-state index in [0.717, 1.165) is 17.3 Å². The van der Waals surface area contributed by atoms with E-state index in [2.05, 4.69) is 0 Å². The Labute approximate surface area is 151 Å². The fourth-order valence-corrected chi connectivity index (χ4v) is 3.70. The Hall–Kier alpha value is -1.40. The van der Waals surface area contributed by atoms with Crippen LogP contribution in [0.1, 0.15) is 5.56 Å². The van der Waals surface area contributed by atoms with Gasteiger partial charge in [0.2, 0.25) is 0 Å². The van der Waals surface area contributed by atoms with E-state index >= 15 is 0 Å². The first-order valence-electron chi connectivity index (χ1n) is 6.45. The molecular weight excluding hydrogens is 376 g/mol. The van der Waals surface area contributed by atoms with Crippen molar-refractivity contribution in [1.29, 1.82) is 0 Å². The molecule has 0 unspecified atom stereocenters. The lowest BCUT2D eigenvalue weighted by Gasteiger charge is -2.14. The van der Waals surface area contributed by atoms with Crippen molar-refractivity contribution in [2.24, 2.45) is 0 Å². The van der Waals surface area contributed by atoms with Gasteiger partial charge in [-0.1, -0.05) is 65.4 Å². The van der Waals surface area contributed by atoms with Crippen LogP contribution in [0, 0.1) is 5.82 Å². The second kappa shape index (κ2) is 6.61. The van der Waals surface area contributed by atoms with Gasteiger partial charge in [-0.25, -0.2) is 4.39 Å². The fraction of sp³-hybridized carbons (Fsp3) is 0. The molecule has 2 aromatic rings. The number of amides is 1. The molecule has 23 heavy (non-hydrogen) atoms. The number of carbonyl (C=O) groups excluding carboxylic acids is 1. The van der Waals surface area contributed by atoms with Crippen molar-refractivity contribution in [2.75, 3.05) is 4.90 Å². The Bertz CT molecular complexity index is 854. The fourth-order valence-electron chi connectivity index (χ4n) is 2.05. The third-order valence-electron chi connectivity index (χ3n) is 3.15. The molecule has 0 saturated carbocycles. The Morgan fingerprint density at radius 3 is 2.57 bits per heavy atom. The third-order valence-corrected chi connectivity index (χ3v) is 5.08. The van der Waals surface area contributed by atoms with Gasteiger partial charge in [0, 0.05) is 5.02 Å². The van der Waals surface area contributed by atoms with Gasteiger partial charge in [-0.2, -0.15) is 0 Å². The monoisotopic (exact) mass is 383 g/mol. The predicted molar refractivity (Wildman–Crippen MR) is 98.5 cm³/mol. The third kappa shape index (κ3) is 3.28. The standard InChI is InChI=1S/C16H8Cl2FNOS2/c17-11-4-2-1-3-9(11)7-14-15(21)20(16(22)23-14)10-5-6-13(19)12(18)8-10/h1-8H/b14-7+. The lowest BCUT2D eigenvalue weighted by atomic mass is 10.2. The number of halogens is 3. The molecule has 3 rings (SSSR count). The lowest BCUT2D eigenvalue weighted by Crippen LogP contribution is -2.27. The number of hydrogen-bond acceptors (Lipinski definition) is 3. The summed E-state index contributed by atoms with van der Waals surface area (Å²) in [7, 11) is 0. The van der Waals surface area contributed by atoms with Gasteiger partial charge in [0.25, 0.3) is 5.91 Å². The van der Waals surface area contributed by atoms with Crippen molar-refractivity contribution in [3.63, 3.8) is 0 Å². The Balaban J connectivity index is 1.97. The number of hydrogen-bond donors (Lipinski definition) is 0. The molecule has 0 spiro atoms. The average molecular weight is 384 g/mol. The van der Waals surface area contributed by atoms with Gasteiger partial charge in [-0.3, -0.25) is 9.69 Å². The molecule has 2 nitrogen and oxygen atoms in total. The lowest BCUT2D eigenvalue weighted by molar-refractivity contribution is -0.113. The van der Waals surface area contributed by atoms with E-state index in [9.17, 15) is 9.18 Å². The van der Waals surface area contributed by atoms with E-state index in [1.165, 1.54) is 23.1 Å². The molecule has 1 aliphatic heterocycles. The van der Waals surface area contributed by atoms with Gasteiger partial charge in [-0.15, -0.1) is 0 Å². The number of nitrogens with zero attached hydrogens (tertiary/aromatic N) is 1. The van der Waals surface area contributed by atoms with Gasteiger partial charge in [0.15, 0.2) is 4.32 Å². The van der Waals surface area contributed by atoms with Crippen molar-refractivity contribution in [3.8, 4) is 0 Å². The maximum absolute atomic E-state index is 13.3. The van der Waals surface area contributed by atoms with Crippen molar-refractivity contribution < 1.29 is 9.18 Å². The molecule has 0 N–H and O–H groups in total. The van der Waals surface area contributed by atoms with Crippen molar-refractivity contribution in [2.45, 2.75) is 0 Å². The molecule has 0 radical (unpaired) electrons. The van der Waals surface area contributed by atoms with Crippen LogP contribution in [0.5, 0.6) is 0 Å². The van der Waals surface area contributed by atoms with Gasteiger partial charge in [0.1, 0.15) is 5.82 Å². The minimum absolute atomic E-state index is 0.0633. The van der Waals surface area contributed by atoms with E-state index in [1.807, 2.05) is 18.2 Å². The molecule has 0 atom stereocenters. The zero-order valence-corrected chi connectivity index (χ0v) is 14.6. The van der Waals surface area contributed by atoms with Crippen molar-refractivity contribution in [1.82, 2.24) is 0 Å². The van der Waals surface area contributed by atoms with E-state index in [-0.39, 0.29) is 10.9 Å². The number of anilines is 1. The zero-order chi connectivity index (χ0) is 16.6. The minimum atomic E-state index is -0.549. The molecule has 0 aromatic heterocycles. The Kier molecular flexibility index (Phi) is 4.73. The second-order valence-electron chi connectivity index (χ2n) is 4.64. The number of benzene rings is 2. The SMILES string of the molecule is O=C1/C(=C\c2ccccc2Cl)SC(=S)N1c1ccc(F)c(Cl)c1. The van der Waals surface area contributed by atoms with E-state index in [0.29, 0.717) is 19.9 Å². The summed E-state index contributed by atoms with van der Waals surface area (Å²) in [6.45, 7) is 0. The molecule has 0 bridgehead atoms. The van der Waals surface area contributed by atoms with Gasteiger partial charge in [0.05, 0.1) is 15.6 Å². The molecular formula is C16H8Cl2FNOS2. The van der Waals surface area contributed by atoms with Crippen LogP contribution in [0.25, 0.3) is 6.08 Å². The summed E-state index contributed by atoms with van der Waals surface area (Å²) in [4.78, 5) is 14.4. The molecule has 1 amide bonds. The number of rotatable bonds is 2. The van der Waals surface area contributed by atoms with Crippen molar-refractivity contribution in [3.05, 3.63) is 68.8 Å². The predicted octanol–water partition coefficient (Wildman–Crippen LogP) is 5.54. The first kappa shape index (κ1) is 16.5. The van der Waals surface area contributed by atoms with Crippen LogP contribution in [0.15, 0.2) is 47.4 Å². The van der Waals surface area contributed by atoms with Crippen LogP contribution in [0.4, 0.5) is 10.1 Å². The maximum Gasteiger partial charge on any atom is 0.270 e. The number of thioether (sulfide) groups is 1. The maximum atomic E-state index is 13.3. The summed E-state index contributed by atoms with van der Waals surface area (Å²) in [5.74, 6) is -0.838. The van der Waals surface area contributed by atoms with E-state index in [4.69, 9.17) is 35.4 Å². The van der Waals surface area contributed by atoms with Gasteiger partial charge in [-0.05, 0) is 35.9 Å². The molecule has 116 valence electrons. The molecule has 1 fully saturated rings. The van der Waals surface area contributed by atoms with Crippen LogP contribution >= 0.6 is 47.2 Å². The molecule has 0 aliphatic carbocycles. The van der Waals surface area contributed by atoms with Gasteiger partial charge >= 0.3 is 0 Å². The Morgan fingerprint density at radius 2 is 1.87 bits per heavy atom. The second-order valence-corrected chi connectivity index (χ2v) is 7.13. The molecule has 2 aromatic carbocycles. The van der Waals surface area contributed by atoms with Crippen LogP contribution < -0.4 is 4.90 Å². The normalized spacial score (nSPS) is 16.5. The van der Waals surface area contributed by atoms with Crippen LogP contribution in [-0.4, -0.2) is 10.2 Å². The first-order chi connectivity index (χ1) is 11.0. The Morgan fingerprint density at radius 1 is 1.13 bits per heavy atom. The van der Waals surface area contributed by atoms with Gasteiger partial charge < -0.3 is 0 Å². The smallest absolute Gasteiger partial charge is 0.268 e. The summed E-state index contributed by atoms with van der Waals surface area (Å²) < 4.78 is 13.6. The van der Waals surface area contributed by atoms with Crippen molar-refractivity contribution >= 4 is 69.2 Å².